The zero-order valence-electron chi connectivity index (χ0n) is 14.4. The Kier molecular flexibility index (Phi) is 5.57. The maximum atomic E-state index is 12.4. The zero-order chi connectivity index (χ0) is 16.3. The van der Waals surface area contributed by atoms with Gasteiger partial charge < -0.3 is 10.6 Å². The topological polar surface area (TPSA) is 46.3 Å². The second-order valence-corrected chi connectivity index (χ2v) is 7.28. The maximum Gasteiger partial charge on any atom is 0.242 e. The van der Waals surface area contributed by atoms with Gasteiger partial charge in [-0.3, -0.25) is 4.79 Å². The van der Waals surface area contributed by atoms with Crippen LogP contribution in [-0.2, 0) is 16.8 Å². The maximum absolute atomic E-state index is 12.4. The molecule has 1 aromatic rings. The molecule has 0 aliphatic carbocycles. The van der Waals surface area contributed by atoms with E-state index in [1.165, 1.54) is 5.56 Å². The minimum Gasteiger partial charge on any atom is -0.340 e. The third-order valence-electron chi connectivity index (χ3n) is 3.84. The van der Waals surface area contributed by atoms with Crippen LogP contribution in [0.5, 0.6) is 0 Å². The molecule has 0 saturated heterocycles. The Bertz CT molecular complexity index is 469. The van der Waals surface area contributed by atoms with Crippen LogP contribution in [0.1, 0.15) is 58.6 Å². The Morgan fingerprint density at radius 2 is 1.67 bits per heavy atom. The highest BCUT2D eigenvalue weighted by atomic mass is 16.2. The van der Waals surface area contributed by atoms with E-state index in [0.29, 0.717) is 13.0 Å². The molecule has 0 aliphatic rings. The van der Waals surface area contributed by atoms with Gasteiger partial charge >= 0.3 is 0 Å². The molecule has 0 aromatic heterocycles. The van der Waals surface area contributed by atoms with Crippen molar-refractivity contribution in [3.63, 3.8) is 0 Å². The summed E-state index contributed by atoms with van der Waals surface area (Å²) in [7, 11) is 1.82. The SMILES string of the molecule is CCCC(C)(N)C(=O)N(C)Cc1ccc(C(C)(C)C)cc1. The molecule has 2 N–H and O–H groups in total. The van der Waals surface area contributed by atoms with Crippen LogP contribution in [0.3, 0.4) is 0 Å². The molecule has 1 amide bonds. The van der Waals surface area contributed by atoms with Gasteiger partial charge in [0, 0.05) is 13.6 Å². The van der Waals surface area contributed by atoms with Gasteiger partial charge in [-0.1, -0.05) is 58.4 Å². The van der Waals surface area contributed by atoms with Crippen molar-refractivity contribution in [1.82, 2.24) is 4.90 Å². The molecular formula is C18H30N2O. The molecule has 21 heavy (non-hydrogen) atoms. The number of amides is 1. The summed E-state index contributed by atoms with van der Waals surface area (Å²) in [6.07, 6.45) is 1.62. The fourth-order valence-electron chi connectivity index (χ4n) is 2.52. The Morgan fingerprint density at radius 1 is 1.14 bits per heavy atom. The highest BCUT2D eigenvalue weighted by Crippen LogP contribution is 2.22. The predicted molar refractivity (Wildman–Crippen MR) is 89.1 cm³/mol. The van der Waals surface area contributed by atoms with Crippen LogP contribution in [0.2, 0.25) is 0 Å². The third-order valence-corrected chi connectivity index (χ3v) is 3.84. The minimum atomic E-state index is -0.769. The van der Waals surface area contributed by atoms with Gasteiger partial charge in [0.2, 0.25) is 5.91 Å². The summed E-state index contributed by atoms with van der Waals surface area (Å²) in [5, 5.41) is 0. The normalized spacial score (nSPS) is 14.6. The van der Waals surface area contributed by atoms with E-state index in [-0.39, 0.29) is 11.3 Å². The Balaban J connectivity index is 2.75. The van der Waals surface area contributed by atoms with Crippen LogP contribution in [-0.4, -0.2) is 23.4 Å². The molecular weight excluding hydrogens is 260 g/mol. The molecule has 0 bridgehead atoms. The van der Waals surface area contributed by atoms with E-state index in [1.54, 1.807) is 4.90 Å². The molecule has 0 saturated carbocycles. The highest BCUT2D eigenvalue weighted by Gasteiger charge is 2.30. The quantitative estimate of drug-likeness (QED) is 0.902. The van der Waals surface area contributed by atoms with Crippen LogP contribution >= 0.6 is 0 Å². The average molecular weight is 290 g/mol. The molecule has 1 rings (SSSR count). The molecule has 1 atom stereocenters. The largest absolute Gasteiger partial charge is 0.340 e. The van der Waals surface area contributed by atoms with Crippen LogP contribution in [0.15, 0.2) is 24.3 Å². The number of likely N-dealkylation sites (N-methyl/N-ethyl adjacent to an activating group) is 1. The van der Waals surface area contributed by atoms with Crippen LogP contribution in [0.4, 0.5) is 0 Å². The zero-order valence-corrected chi connectivity index (χ0v) is 14.4. The number of carbonyl (C=O) groups excluding carboxylic acids is 1. The molecule has 1 aromatic carbocycles. The van der Waals surface area contributed by atoms with E-state index in [4.69, 9.17) is 5.73 Å². The number of nitrogens with zero attached hydrogens (tertiary/aromatic N) is 1. The van der Waals surface area contributed by atoms with Gasteiger partial charge in [-0.15, -0.1) is 0 Å². The van der Waals surface area contributed by atoms with Crippen molar-refractivity contribution in [2.24, 2.45) is 5.73 Å². The lowest BCUT2D eigenvalue weighted by atomic mass is 9.86. The summed E-state index contributed by atoms with van der Waals surface area (Å²) in [5.41, 5.74) is 7.93. The lowest BCUT2D eigenvalue weighted by molar-refractivity contribution is -0.135. The van der Waals surface area contributed by atoms with Gasteiger partial charge in [0.1, 0.15) is 0 Å². The average Bonchev–Trinajstić information content (AvgIpc) is 2.37. The summed E-state index contributed by atoms with van der Waals surface area (Å²) in [6, 6.07) is 8.47. The number of rotatable bonds is 5. The molecule has 0 heterocycles. The predicted octanol–water partition coefficient (Wildman–Crippen LogP) is 3.46. The first-order chi connectivity index (χ1) is 9.58. The monoisotopic (exact) mass is 290 g/mol. The molecule has 0 radical (unpaired) electrons. The molecule has 1 unspecified atom stereocenters. The molecule has 3 nitrogen and oxygen atoms in total. The minimum absolute atomic E-state index is 0.00393. The van der Waals surface area contributed by atoms with Crippen molar-refractivity contribution >= 4 is 5.91 Å². The third kappa shape index (κ3) is 4.85. The van der Waals surface area contributed by atoms with E-state index in [0.717, 1.165) is 12.0 Å². The second-order valence-electron chi connectivity index (χ2n) is 7.28. The number of benzene rings is 1. The van der Waals surface area contributed by atoms with Crippen LogP contribution in [0, 0.1) is 0 Å². The van der Waals surface area contributed by atoms with Crippen molar-refractivity contribution in [3.05, 3.63) is 35.4 Å². The van der Waals surface area contributed by atoms with Crippen molar-refractivity contribution in [3.8, 4) is 0 Å². The number of hydrogen-bond acceptors (Lipinski definition) is 2. The van der Waals surface area contributed by atoms with E-state index in [9.17, 15) is 4.79 Å². The molecule has 0 fully saturated rings. The van der Waals surface area contributed by atoms with Crippen molar-refractivity contribution in [2.75, 3.05) is 7.05 Å². The molecule has 0 aliphatic heterocycles. The summed E-state index contributed by atoms with van der Waals surface area (Å²) in [6.45, 7) is 11.0. The summed E-state index contributed by atoms with van der Waals surface area (Å²) < 4.78 is 0. The molecule has 3 heteroatoms. The second kappa shape index (κ2) is 6.61. The Hall–Kier alpha value is -1.35. The number of nitrogens with two attached hydrogens (primary N) is 1. The van der Waals surface area contributed by atoms with E-state index < -0.39 is 5.54 Å². The Morgan fingerprint density at radius 3 is 2.10 bits per heavy atom. The van der Waals surface area contributed by atoms with Gasteiger partial charge in [0.05, 0.1) is 5.54 Å². The van der Waals surface area contributed by atoms with E-state index in [2.05, 4.69) is 45.0 Å². The smallest absolute Gasteiger partial charge is 0.242 e. The van der Waals surface area contributed by atoms with Crippen LogP contribution < -0.4 is 5.73 Å². The fraction of sp³-hybridized carbons (Fsp3) is 0.611. The van der Waals surface area contributed by atoms with Crippen LogP contribution in [0.25, 0.3) is 0 Å². The van der Waals surface area contributed by atoms with E-state index in [1.807, 2.05) is 20.9 Å². The lowest BCUT2D eigenvalue weighted by Crippen LogP contribution is -2.51. The number of carbonyl (C=O) groups is 1. The van der Waals surface area contributed by atoms with Gasteiger partial charge in [-0.25, -0.2) is 0 Å². The highest BCUT2D eigenvalue weighted by molar-refractivity contribution is 5.85. The van der Waals surface area contributed by atoms with Gasteiger partial charge in [-0.2, -0.15) is 0 Å². The first-order valence-electron chi connectivity index (χ1n) is 7.72. The first kappa shape index (κ1) is 17.7. The van der Waals surface area contributed by atoms with Crippen molar-refractivity contribution in [1.29, 1.82) is 0 Å². The van der Waals surface area contributed by atoms with Gasteiger partial charge in [0.25, 0.3) is 0 Å². The molecule has 118 valence electrons. The fourth-order valence-corrected chi connectivity index (χ4v) is 2.52. The standard InChI is InChI=1S/C18H30N2O/c1-7-12-18(5,19)16(21)20(6)13-14-8-10-15(11-9-14)17(2,3)4/h8-11H,7,12-13,19H2,1-6H3. The van der Waals surface area contributed by atoms with E-state index >= 15 is 0 Å². The summed E-state index contributed by atoms with van der Waals surface area (Å²) >= 11 is 0. The number of hydrogen-bond donors (Lipinski definition) is 1. The van der Waals surface area contributed by atoms with Crippen molar-refractivity contribution in [2.45, 2.75) is 65.0 Å². The van der Waals surface area contributed by atoms with Crippen molar-refractivity contribution < 1.29 is 4.79 Å². The Labute approximate surface area is 129 Å². The lowest BCUT2D eigenvalue weighted by Gasteiger charge is -2.29. The van der Waals surface area contributed by atoms with Gasteiger partial charge in [-0.05, 0) is 29.9 Å². The summed E-state index contributed by atoms with van der Waals surface area (Å²) in [4.78, 5) is 14.1. The molecule has 0 spiro atoms. The van der Waals surface area contributed by atoms with Gasteiger partial charge in [0.15, 0.2) is 0 Å². The summed E-state index contributed by atoms with van der Waals surface area (Å²) in [5.74, 6) is 0.00393. The first-order valence-corrected chi connectivity index (χ1v) is 7.72.